The smallest absolute Gasteiger partial charge is 0.221 e. The van der Waals surface area contributed by atoms with Crippen molar-refractivity contribution in [2.75, 3.05) is 19.3 Å². The van der Waals surface area contributed by atoms with Gasteiger partial charge in [-0.15, -0.1) is 0 Å². The van der Waals surface area contributed by atoms with Crippen molar-refractivity contribution in [1.29, 1.82) is 0 Å². The number of primary amides is 1. The van der Waals surface area contributed by atoms with E-state index in [2.05, 4.69) is 25.4 Å². The first-order valence-electron chi connectivity index (χ1n) is 5.56. The van der Waals surface area contributed by atoms with Crippen LogP contribution in [0.1, 0.15) is 33.6 Å². The molecule has 0 saturated heterocycles. The van der Waals surface area contributed by atoms with E-state index in [1.54, 1.807) is 0 Å². The molecule has 1 unspecified atom stereocenters. The molecule has 1 amide bonds. The van der Waals surface area contributed by atoms with Crippen LogP contribution in [0.3, 0.4) is 0 Å². The van der Waals surface area contributed by atoms with Gasteiger partial charge < -0.3 is 11.1 Å². The molecule has 4 heteroatoms. The van der Waals surface area contributed by atoms with Gasteiger partial charge in [0.25, 0.3) is 0 Å². The molecule has 0 spiro atoms. The first-order valence-corrected chi connectivity index (χ1v) is 6.79. The summed E-state index contributed by atoms with van der Waals surface area (Å²) in [6.45, 7) is 7.89. The summed E-state index contributed by atoms with van der Waals surface area (Å²) >= 11 is 1.90. The number of carbonyl (C=O) groups excluding carboxylic acids is 1. The Hall–Kier alpha value is -0.220. The van der Waals surface area contributed by atoms with E-state index in [1.165, 1.54) is 0 Å². The van der Waals surface area contributed by atoms with Crippen molar-refractivity contribution in [2.45, 2.75) is 38.4 Å². The summed E-state index contributed by atoms with van der Waals surface area (Å²) in [6, 6.07) is 0. The lowest BCUT2D eigenvalue weighted by molar-refractivity contribution is -0.121. The monoisotopic (exact) mass is 232 g/mol. The van der Waals surface area contributed by atoms with E-state index < -0.39 is 0 Å². The second-order valence-electron chi connectivity index (χ2n) is 4.03. The first-order chi connectivity index (χ1) is 7.01. The number of hydrogen-bond donors (Lipinski definition) is 2. The quantitative estimate of drug-likeness (QED) is 0.668. The van der Waals surface area contributed by atoms with E-state index in [1.807, 2.05) is 18.7 Å². The molecule has 0 radical (unpaired) electrons. The van der Waals surface area contributed by atoms with Crippen LogP contribution in [0.25, 0.3) is 0 Å². The third-order valence-electron chi connectivity index (χ3n) is 3.11. The number of rotatable bonds is 8. The SMILES string of the molecule is CCC(CC)(CNCC(C)C(N)=O)SC. The lowest BCUT2D eigenvalue weighted by atomic mass is 10.0. The molecular weight excluding hydrogens is 208 g/mol. The molecule has 3 nitrogen and oxygen atoms in total. The summed E-state index contributed by atoms with van der Waals surface area (Å²) in [5.41, 5.74) is 5.20. The Bertz CT molecular complexity index is 185. The number of hydrogen-bond acceptors (Lipinski definition) is 3. The van der Waals surface area contributed by atoms with E-state index in [0.717, 1.165) is 19.4 Å². The van der Waals surface area contributed by atoms with Gasteiger partial charge in [0, 0.05) is 23.8 Å². The van der Waals surface area contributed by atoms with Crippen molar-refractivity contribution in [2.24, 2.45) is 11.7 Å². The topological polar surface area (TPSA) is 55.1 Å². The van der Waals surface area contributed by atoms with Crippen molar-refractivity contribution < 1.29 is 4.79 Å². The fraction of sp³-hybridized carbons (Fsp3) is 0.909. The Balaban J connectivity index is 3.96. The molecule has 0 aromatic carbocycles. The maximum Gasteiger partial charge on any atom is 0.221 e. The molecule has 0 bridgehead atoms. The normalized spacial score (nSPS) is 13.9. The Morgan fingerprint density at radius 3 is 2.33 bits per heavy atom. The minimum Gasteiger partial charge on any atom is -0.369 e. The molecule has 0 rings (SSSR count). The van der Waals surface area contributed by atoms with Gasteiger partial charge in [0.1, 0.15) is 0 Å². The van der Waals surface area contributed by atoms with Crippen LogP contribution in [-0.4, -0.2) is 30.0 Å². The van der Waals surface area contributed by atoms with Gasteiger partial charge in [0.15, 0.2) is 0 Å². The fourth-order valence-corrected chi connectivity index (χ4v) is 2.30. The average molecular weight is 232 g/mol. The molecule has 90 valence electrons. The van der Waals surface area contributed by atoms with Gasteiger partial charge in [-0.25, -0.2) is 0 Å². The number of carbonyl (C=O) groups is 1. The Labute approximate surface area is 97.6 Å². The Morgan fingerprint density at radius 2 is 2.00 bits per heavy atom. The molecule has 0 aliphatic heterocycles. The second-order valence-corrected chi connectivity index (χ2v) is 5.30. The summed E-state index contributed by atoms with van der Waals surface area (Å²) in [5, 5.41) is 3.34. The van der Waals surface area contributed by atoms with Crippen LogP contribution in [0.15, 0.2) is 0 Å². The van der Waals surface area contributed by atoms with Crippen molar-refractivity contribution in [3.8, 4) is 0 Å². The van der Waals surface area contributed by atoms with Crippen LogP contribution in [0.2, 0.25) is 0 Å². The van der Waals surface area contributed by atoms with Crippen molar-refractivity contribution in [1.82, 2.24) is 5.32 Å². The highest BCUT2D eigenvalue weighted by molar-refractivity contribution is 8.00. The predicted molar refractivity (Wildman–Crippen MR) is 68.1 cm³/mol. The van der Waals surface area contributed by atoms with Gasteiger partial charge >= 0.3 is 0 Å². The van der Waals surface area contributed by atoms with Crippen LogP contribution in [0.4, 0.5) is 0 Å². The molecule has 15 heavy (non-hydrogen) atoms. The molecule has 1 atom stereocenters. The lowest BCUT2D eigenvalue weighted by Gasteiger charge is -2.30. The minimum atomic E-state index is -0.231. The Morgan fingerprint density at radius 1 is 1.47 bits per heavy atom. The maximum atomic E-state index is 10.8. The van der Waals surface area contributed by atoms with Gasteiger partial charge in [-0.05, 0) is 19.1 Å². The average Bonchev–Trinajstić information content (AvgIpc) is 2.24. The predicted octanol–water partition coefficient (Wildman–Crippen LogP) is 1.62. The third kappa shape index (κ3) is 4.89. The fourth-order valence-electron chi connectivity index (χ4n) is 1.48. The molecular formula is C11H24N2OS. The number of nitrogens with two attached hydrogens (primary N) is 1. The van der Waals surface area contributed by atoms with Gasteiger partial charge in [0.05, 0.1) is 0 Å². The first kappa shape index (κ1) is 14.8. The standard InChI is InChI=1S/C11H24N2OS/c1-5-11(6-2,15-4)8-13-7-9(3)10(12)14/h9,13H,5-8H2,1-4H3,(H2,12,14). The lowest BCUT2D eigenvalue weighted by Crippen LogP contribution is -2.40. The molecule has 0 aliphatic rings. The summed E-state index contributed by atoms with van der Waals surface area (Å²) < 4.78 is 0.303. The van der Waals surface area contributed by atoms with Crippen LogP contribution >= 0.6 is 11.8 Å². The minimum absolute atomic E-state index is 0.0849. The van der Waals surface area contributed by atoms with Crippen molar-refractivity contribution in [3.05, 3.63) is 0 Å². The van der Waals surface area contributed by atoms with Crippen LogP contribution in [0.5, 0.6) is 0 Å². The third-order valence-corrected chi connectivity index (χ3v) is 4.69. The van der Waals surface area contributed by atoms with Crippen molar-refractivity contribution >= 4 is 17.7 Å². The molecule has 3 N–H and O–H groups in total. The highest BCUT2D eigenvalue weighted by atomic mass is 32.2. The largest absolute Gasteiger partial charge is 0.369 e. The summed E-state index contributed by atoms with van der Waals surface area (Å²) in [6.07, 6.45) is 4.43. The highest BCUT2D eigenvalue weighted by Crippen LogP contribution is 2.29. The highest BCUT2D eigenvalue weighted by Gasteiger charge is 2.24. The number of amides is 1. The number of nitrogens with one attached hydrogen (secondary N) is 1. The van der Waals surface area contributed by atoms with E-state index in [-0.39, 0.29) is 11.8 Å². The molecule has 0 heterocycles. The molecule has 0 aliphatic carbocycles. The zero-order valence-electron chi connectivity index (χ0n) is 10.3. The van der Waals surface area contributed by atoms with Crippen molar-refractivity contribution in [3.63, 3.8) is 0 Å². The summed E-state index contributed by atoms with van der Waals surface area (Å²) in [7, 11) is 0. The zero-order chi connectivity index (χ0) is 11.9. The van der Waals surface area contributed by atoms with Gasteiger partial charge in [-0.3, -0.25) is 4.79 Å². The van der Waals surface area contributed by atoms with Crippen LogP contribution < -0.4 is 11.1 Å². The molecule has 0 fully saturated rings. The maximum absolute atomic E-state index is 10.8. The zero-order valence-corrected chi connectivity index (χ0v) is 11.1. The van der Waals surface area contributed by atoms with E-state index in [4.69, 9.17) is 5.73 Å². The van der Waals surface area contributed by atoms with Crippen LogP contribution in [-0.2, 0) is 4.79 Å². The summed E-state index contributed by atoms with van der Waals surface area (Å²) in [4.78, 5) is 10.8. The second kappa shape index (κ2) is 7.12. The summed E-state index contributed by atoms with van der Waals surface area (Å²) in [5.74, 6) is -0.316. The van der Waals surface area contributed by atoms with Gasteiger partial charge in [-0.2, -0.15) is 11.8 Å². The van der Waals surface area contributed by atoms with E-state index in [0.29, 0.717) is 11.3 Å². The van der Waals surface area contributed by atoms with Crippen LogP contribution in [0, 0.1) is 5.92 Å². The van der Waals surface area contributed by atoms with E-state index in [9.17, 15) is 4.79 Å². The van der Waals surface area contributed by atoms with Gasteiger partial charge in [-0.1, -0.05) is 20.8 Å². The Kier molecular flexibility index (Phi) is 7.02. The molecule has 0 aromatic rings. The molecule has 0 saturated carbocycles. The number of thioether (sulfide) groups is 1. The van der Waals surface area contributed by atoms with Gasteiger partial charge in [0.2, 0.25) is 5.91 Å². The van der Waals surface area contributed by atoms with E-state index >= 15 is 0 Å². The molecule has 0 aromatic heterocycles.